The number of nitrogens with one attached hydrogen (secondary N) is 1. The molecule has 1 unspecified atom stereocenters. The summed E-state index contributed by atoms with van der Waals surface area (Å²) >= 11 is 15.8. The number of hydrogen-bond acceptors (Lipinski definition) is 1. The molecule has 0 fully saturated rings. The molecular weight excluding hydrogens is 357 g/mol. The maximum Gasteiger partial charge on any atom is 0.0439 e. The van der Waals surface area contributed by atoms with E-state index in [9.17, 15) is 0 Å². The van der Waals surface area contributed by atoms with Crippen LogP contribution in [0.25, 0.3) is 0 Å². The van der Waals surface area contributed by atoms with E-state index in [1.54, 1.807) is 0 Å². The fourth-order valence-corrected chi connectivity index (χ4v) is 3.03. The molecule has 4 heteroatoms. The molecule has 0 bridgehead atoms. The van der Waals surface area contributed by atoms with E-state index < -0.39 is 0 Å². The molecule has 1 atom stereocenters. The molecule has 0 heterocycles. The van der Waals surface area contributed by atoms with Crippen LogP contribution in [0.3, 0.4) is 0 Å². The number of halogens is 3. The summed E-state index contributed by atoms with van der Waals surface area (Å²) in [7, 11) is 1.97. The quantitative estimate of drug-likeness (QED) is 0.767. The Kier molecular flexibility index (Phi) is 5.91. The summed E-state index contributed by atoms with van der Waals surface area (Å²) in [6.45, 7) is 0. The molecule has 1 nitrogen and oxygen atoms in total. The summed E-state index contributed by atoms with van der Waals surface area (Å²) in [4.78, 5) is 0. The third-order valence-electron chi connectivity index (χ3n) is 3.25. The molecule has 20 heavy (non-hydrogen) atoms. The van der Waals surface area contributed by atoms with Crippen LogP contribution >= 0.6 is 39.1 Å². The van der Waals surface area contributed by atoms with Crippen molar-refractivity contribution in [1.29, 1.82) is 0 Å². The van der Waals surface area contributed by atoms with Gasteiger partial charge in [0, 0.05) is 20.6 Å². The lowest BCUT2D eigenvalue weighted by molar-refractivity contribution is 0.556. The van der Waals surface area contributed by atoms with Gasteiger partial charge in [0.2, 0.25) is 0 Å². The van der Waals surface area contributed by atoms with E-state index in [1.807, 2.05) is 31.3 Å². The highest BCUT2D eigenvalue weighted by Gasteiger charge is 2.11. The molecule has 0 aliphatic heterocycles. The van der Waals surface area contributed by atoms with Crippen LogP contribution in [0.15, 0.2) is 46.9 Å². The van der Waals surface area contributed by atoms with Crippen molar-refractivity contribution in [3.8, 4) is 0 Å². The van der Waals surface area contributed by atoms with E-state index in [-0.39, 0.29) is 0 Å². The molecule has 0 saturated heterocycles. The minimum atomic E-state index is 0.320. The lowest BCUT2D eigenvalue weighted by atomic mass is 9.99. The minimum Gasteiger partial charge on any atom is -0.316 e. The van der Waals surface area contributed by atoms with Gasteiger partial charge in [-0.15, -0.1) is 0 Å². The fraction of sp³-hybridized carbons (Fsp3) is 0.250. The van der Waals surface area contributed by atoms with Crippen LogP contribution in [0.2, 0.25) is 10.0 Å². The molecule has 0 aliphatic carbocycles. The minimum absolute atomic E-state index is 0.320. The van der Waals surface area contributed by atoms with Crippen LogP contribution in [0.4, 0.5) is 0 Å². The van der Waals surface area contributed by atoms with E-state index in [4.69, 9.17) is 23.2 Å². The third kappa shape index (κ3) is 4.49. The first kappa shape index (κ1) is 15.8. The van der Waals surface area contributed by atoms with Crippen molar-refractivity contribution in [2.45, 2.75) is 18.9 Å². The Balaban J connectivity index is 2.11. The summed E-state index contributed by atoms with van der Waals surface area (Å²) < 4.78 is 1.10. The smallest absolute Gasteiger partial charge is 0.0439 e. The van der Waals surface area contributed by atoms with Gasteiger partial charge < -0.3 is 5.32 Å². The second-order valence-electron chi connectivity index (χ2n) is 4.76. The van der Waals surface area contributed by atoms with Crippen molar-refractivity contribution in [2.75, 3.05) is 7.05 Å². The normalized spacial score (nSPS) is 12.4. The van der Waals surface area contributed by atoms with Crippen LogP contribution in [-0.2, 0) is 12.8 Å². The highest BCUT2D eigenvalue weighted by molar-refractivity contribution is 9.10. The van der Waals surface area contributed by atoms with Crippen LogP contribution < -0.4 is 5.32 Å². The van der Waals surface area contributed by atoms with Gasteiger partial charge in [0.1, 0.15) is 0 Å². The predicted octanol–water partition coefficient (Wildman–Crippen LogP) is 5.13. The molecule has 0 amide bonds. The molecule has 2 rings (SSSR count). The first-order chi connectivity index (χ1) is 9.58. The van der Waals surface area contributed by atoms with Crippen LogP contribution in [0.5, 0.6) is 0 Å². The maximum absolute atomic E-state index is 6.23. The van der Waals surface area contributed by atoms with Gasteiger partial charge in [-0.25, -0.2) is 0 Å². The zero-order valence-electron chi connectivity index (χ0n) is 11.2. The lowest BCUT2D eigenvalue weighted by Gasteiger charge is -2.17. The second kappa shape index (κ2) is 7.46. The molecule has 0 radical (unpaired) electrons. The SMILES string of the molecule is CNC(Cc1cccc(Br)c1)Cc1cc(Cl)ccc1Cl. The van der Waals surface area contributed by atoms with Crippen molar-refractivity contribution in [3.63, 3.8) is 0 Å². The number of benzene rings is 2. The molecule has 1 N–H and O–H groups in total. The molecule has 0 saturated carbocycles. The summed E-state index contributed by atoms with van der Waals surface area (Å²) in [6.07, 6.45) is 1.79. The van der Waals surface area contributed by atoms with Crippen molar-refractivity contribution in [2.24, 2.45) is 0 Å². The van der Waals surface area contributed by atoms with Crippen LogP contribution in [-0.4, -0.2) is 13.1 Å². The largest absolute Gasteiger partial charge is 0.316 e. The molecule has 0 aliphatic rings. The van der Waals surface area contributed by atoms with Crippen molar-refractivity contribution in [1.82, 2.24) is 5.32 Å². The zero-order valence-corrected chi connectivity index (χ0v) is 14.3. The first-order valence-electron chi connectivity index (χ1n) is 6.44. The Bertz CT molecular complexity index is 586. The number of hydrogen-bond donors (Lipinski definition) is 1. The second-order valence-corrected chi connectivity index (χ2v) is 6.52. The number of likely N-dealkylation sites (N-methyl/N-ethyl adjacent to an activating group) is 1. The molecular formula is C16H16BrCl2N. The molecule has 0 aromatic heterocycles. The molecule has 106 valence electrons. The number of rotatable bonds is 5. The third-order valence-corrected chi connectivity index (χ3v) is 4.35. The average molecular weight is 373 g/mol. The maximum atomic E-state index is 6.23. The highest BCUT2D eigenvalue weighted by atomic mass is 79.9. The van der Waals surface area contributed by atoms with Gasteiger partial charge in [0.05, 0.1) is 0 Å². The van der Waals surface area contributed by atoms with Crippen molar-refractivity contribution in [3.05, 3.63) is 68.1 Å². The Hall–Kier alpha value is -0.540. The Morgan fingerprint density at radius 1 is 1.10 bits per heavy atom. The Morgan fingerprint density at radius 2 is 1.90 bits per heavy atom. The van der Waals surface area contributed by atoms with E-state index in [2.05, 4.69) is 39.4 Å². The summed E-state index contributed by atoms with van der Waals surface area (Å²) in [5.41, 5.74) is 2.37. The standard InChI is InChI=1S/C16H16BrCl2N/c1-20-15(8-11-3-2-4-13(17)7-11)10-12-9-14(18)5-6-16(12)19/h2-7,9,15,20H,8,10H2,1H3. The van der Waals surface area contributed by atoms with Gasteiger partial charge in [-0.05, 0) is 61.3 Å². The van der Waals surface area contributed by atoms with E-state index in [0.717, 1.165) is 32.9 Å². The zero-order chi connectivity index (χ0) is 14.5. The van der Waals surface area contributed by atoms with E-state index in [1.165, 1.54) is 5.56 Å². The van der Waals surface area contributed by atoms with Gasteiger partial charge in [-0.2, -0.15) is 0 Å². The Morgan fingerprint density at radius 3 is 2.60 bits per heavy atom. The summed E-state index contributed by atoms with van der Waals surface area (Å²) in [5, 5.41) is 4.84. The van der Waals surface area contributed by atoms with Gasteiger partial charge in [0.15, 0.2) is 0 Å². The van der Waals surface area contributed by atoms with Gasteiger partial charge >= 0.3 is 0 Å². The fourth-order valence-electron chi connectivity index (χ4n) is 2.19. The van der Waals surface area contributed by atoms with E-state index >= 15 is 0 Å². The van der Waals surface area contributed by atoms with Crippen molar-refractivity contribution >= 4 is 39.1 Å². The van der Waals surface area contributed by atoms with Gasteiger partial charge in [-0.1, -0.05) is 51.3 Å². The van der Waals surface area contributed by atoms with Crippen LogP contribution in [0, 0.1) is 0 Å². The topological polar surface area (TPSA) is 12.0 Å². The van der Waals surface area contributed by atoms with E-state index in [0.29, 0.717) is 6.04 Å². The van der Waals surface area contributed by atoms with Crippen molar-refractivity contribution < 1.29 is 0 Å². The van der Waals surface area contributed by atoms with Gasteiger partial charge in [0.25, 0.3) is 0 Å². The predicted molar refractivity (Wildman–Crippen MR) is 90.9 cm³/mol. The van der Waals surface area contributed by atoms with Crippen LogP contribution in [0.1, 0.15) is 11.1 Å². The Labute approximate surface area is 138 Å². The summed E-state index contributed by atoms with van der Waals surface area (Å²) in [5.74, 6) is 0. The summed E-state index contributed by atoms with van der Waals surface area (Å²) in [6, 6.07) is 14.3. The molecule has 2 aromatic carbocycles. The lowest BCUT2D eigenvalue weighted by Crippen LogP contribution is -2.30. The molecule has 2 aromatic rings. The first-order valence-corrected chi connectivity index (χ1v) is 7.99. The monoisotopic (exact) mass is 371 g/mol. The molecule has 0 spiro atoms. The average Bonchev–Trinajstić information content (AvgIpc) is 2.42. The highest BCUT2D eigenvalue weighted by Crippen LogP contribution is 2.23. The van der Waals surface area contributed by atoms with Gasteiger partial charge in [-0.3, -0.25) is 0 Å².